The Bertz CT molecular complexity index is 277. The van der Waals surface area contributed by atoms with Gasteiger partial charge in [-0.1, -0.05) is 58.6 Å². The summed E-state index contributed by atoms with van der Waals surface area (Å²) in [5.74, 6) is 0.343. The molecule has 0 saturated carbocycles. The summed E-state index contributed by atoms with van der Waals surface area (Å²) in [5.41, 5.74) is 0. The molecule has 2 atom stereocenters. The van der Waals surface area contributed by atoms with E-state index in [4.69, 9.17) is 46.4 Å². The third kappa shape index (κ3) is 1.13. The van der Waals surface area contributed by atoms with Gasteiger partial charge >= 0.3 is 0 Å². The highest BCUT2D eigenvalue weighted by atomic mass is 35.5. The van der Waals surface area contributed by atoms with Gasteiger partial charge in [-0.15, -0.1) is 0 Å². The molecule has 0 aromatic heterocycles. The molecule has 2 aliphatic rings. The van der Waals surface area contributed by atoms with Gasteiger partial charge in [0.15, 0.2) is 4.33 Å². The van der Waals surface area contributed by atoms with Crippen LogP contribution in [0.2, 0.25) is 0 Å². The molecular weight excluding hydrogens is 238 g/mol. The number of fused-ring (bicyclic) bond motifs is 2. The third-order valence-corrected chi connectivity index (χ3v) is 4.58. The van der Waals surface area contributed by atoms with Gasteiger partial charge < -0.3 is 0 Å². The Morgan fingerprint density at radius 3 is 2.58 bits per heavy atom. The molecule has 0 radical (unpaired) electrons. The normalized spacial score (nSPS) is 37.7. The minimum Gasteiger partial charge on any atom is -0.0946 e. The van der Waals surface area contributed by atoms with Crippen LogP contribution >= 0.6 is 46.4 Å². The van der Waals surface area contributed by atoms with Gasteiger partial charge in [0.1, 0.15) is 0 Å². The average Bonchev–Trinajstić information content (AvgIpc) is 2.46. The molecule has 4 heteroatoms. The van der Waals surface area contributed by atoms with Crippen LogP contribution in [0.5, 0.6) is 0 Å². The number of rotatable bonds is 0. The summed E-state index contributed by atoms with van der Waals surface area (Å²) in [7, 11) is 0. The van der Waals surface area contributed by atoms with E-state index in [2.05, 4.69) is 0 Å². The SMILES string of the molecule is ClC1=C(Cl)C(Cl)(Cl)C2C=CC1C2. The highest BCUT2D eigenvalue weighted by Gasteiger charge is 2.46. The molecule has 2 rings (SSSR count). The molecule has 2 unspecified atom stereocenters. The standard InChI is InChI=1S/C8H6Cl4/c9-6-4-1-2-5(3-4)8(11,12)7(6)10/h1-2,4-5H,3H2. The lowest BCUT2D eigenvalue weighted by Gasteiger charge is -2.31. The molecule has 0 aromatic rings. The van der Waals surface area contributed by atoms with Gasteiger partial charge in [-0.2, -0.15) is 0 Å². The Hall–Kier alpha value is 0.640. The Morgan fingerprint density at radius 2 is 1.92 bits per heavy atom. The fourth-order valence-corrected chi connectivity index (χ4v) is 2.86. The van der Waals surface area contributed by atoms with Gasteiger partial charge in [0, 0.05) is 16.9 Å². The zero-order valence-corrected chi connectivity index (χ0v) is 9.05. The van der Waals surface area contributed by atoms with Gasteiger partial charge in [-0.05, 0) is 6.42 Å². The second kappa shape index (κ2) is 2.81. The van der Waals surface area contributed by atoms with E-state index in [1.807, 2.05) is 12.2 Å². The number of hydrogen-bond donors (Lipinski definition) is 0. The minimum absolute atomic E-state index is 0.112. The maximum atomic E-state index is 6.05. The summed E-state index contributed by atoms with van der Waals surface area (Å²) in [6.45, 7) is 0. The van der Waals surface area contributed by atoms with Crippen molar-refractivity contribution in [2.75, 3.05) is 0 Å². The van der Waals surface area contributed by atoms with E-state index in [0.29, 0.717) is 10.1 Å². The maximum absolute atomic E-state index is 6.05. The Balaban J connectivity index is 2.51. The van der Waals surface area contributed by atoms with Crippen LogP contribution in [0.4, 0.5) is 0 Å². The molecular formula is C8H6Cl4. The molecule has 2 aliphatic carbocycles. The summed E-state index contributed by atoms with van der Waals surface area (Å²) in [6.07, 6.45) is 4.88. The monoisotopic (exact) mass is 242 g/mol. The van der Waals surface area contributed by atoms with Crippen molar-refractivity contribution in [1.82, 2.24) is 0 Å². The second-order valence-corrected chi connectivity index (χ2v) is 5.29. The summed E-state index contributed by atoms with van der Waals surface area (Å²) >= 11 is 24.0. The third-order valence-electron chi connectivity index (χ3n) is 2.38. The highest BCUT2D eigenvalue weighted by molar-refractivity contribution is 6.58. The molecule has 12 heavy (non-hydrogen) atoms. The Morgan fingerprint density at radius 1 is 1.25 bits per heavy atom. The van der Waals surface area contributed by atoms with Crippen LogP contribution in [0.1, 0.15) is 6.42 Å². The van der Waals surface area contributed by atoms with Crippen molar-refractivity contribution in [3.63, 3.8) is 0 Å². The first-order valence-corrected chi connectivity index (χ1v) is 5.16. The zero-order valence-electron chi connectivity index (χ0n) is 6.03. The Kier molecular flexibility index (Phi) is 2.16. The van der Waals surface area contributed by atoms with E-state index < -0.39 is 4.33 Å². The van der Waals surface area contributed by atoms with Crippen LogP contribution in [0.25, 0.3) is 0 Å². The molecule has 0 nitrogen and oxygen atoms in total. The zero-order chi connectivity index (χ0) is 8.93. The fraction of sp³-hybridized carbons (Fsp3) is 0.500. The van der Waals surface area contributed by atoms with Gasteiger partial charge in [-0.25, -0.2) is 0 Å². The van der Waals surface area contributed by atoms with Crippen molar-refractivity contribution in [3.05, 3.63) is 22.2 Å². The van der Waals surface area contributed by atoms with E-state index in [-0.39, 0.29) is 11.8 Å². The van der Waals surface area contributed by atoms with Crippen molar-refractivity contribution < 1.29 is 0 Å². The van der Waals surface area contributed by atoms with Crippen molar-refractivity contribution in [1.29, 1.82) is 0 Å². The van der Waals surface area contributed by atoms with Crippen LogP contribution in [0.3, 0.4) is 0 Å². The topological polar surface area (TPSA) is 0 Å². The summed E-state index contributed by atoms with van der Waals surface area (Å²) < 4.78 is -1.01. The number of hydrogen-bond acceptors (Lipinski definition) is 0. The molecule has 0 fully saturated rings. The molecule has 0 N–H and O–H groups in total. The lowest BCUT2D eigenvalue weighted by Crippen LogP contribution is -2.28. The summed E-state index contributed by atoms with van der Waals surface area (Å²) in [5, 5.41) is 0.977. The second-order valence-electron chi connectivity index (χ2n) is 3.12. The molecule has 0 aliphatic heterocycles. The van der Waals surface area contributed by atoms with Crippen LogP contribution in [-0.2, 0) is 0 Å². The van der Waals surface area contributed by atoms with Gasteiger partial charge in [-0.3, -0.25) is 0 Å². The fourth-order valence-electron chi connectivity index (χ4n) is 1.64. The number of halogens is 4. The predicted molar refractivity (Wildman–Crippen MR) is 53.9 cm³/mol. The average molecular weight is 244 g/mol. The van der Waals surface area contributed by atoms with E-state index in [0.717, 1.165) is 6.42 Å². The first kappa shape index (κ1) is 9.21. The minimum atomic E-state index is -1.01. The molecule has 0 aromatic carbocycles. The van der Waals surface area contributed by atoms with Crippen molar-refractivity contribution >= 4 is 46.4 Å². The van der Waals surface area contributed by atoms with Gasteiger partial charge in [0.25, 0.3) is 0 Å². The highest BCUT2D eigenvalue weighted by Crippen LogP contribution is 2.54. The van der Waals surface area contributed by atoms with E-state index in [1.165, 1.54) is 0 Å². The van der Waals surface area contributed by atoms with Crippen molar-refractivity contribution in [3.8, 4) is 0 Å². The molecule has 66 valence electrons. The van der Waals surface area contributed by atoms with Crippen LogP contribution < -0.4 is 0 Å². The quantitative estimate of drug-likeness (QED) is 0.445. The van der Waals surface area contributed by atoms with Gasteiger partial charge in [0.05, 0.1) is 5.03 Å². The number of allylic oxidation sites excluding steroid dienone is 4. The van der Waals surface area contributed by atoms with Crippen LogP contribution in [-0.4, -0.2) is 4.33 Å². The summed E-state index contributed by atoms with van der Waals surface area (Å²) in [4.78, 5) is 0. The predicted octanol–water partition coefficient (Wildman–Crippen LogP) is 4.06. The molecule has 2 bridgehead atoms. The molecule has 0 saturated heterocycles. The number of alkyl halides is 2. The van der Waals surface area contributed by atoms with Crippen molar-refractivity contribution in [2.24, 2.45) is 11.8 Å². The van der Waals surface area contributed by atoms with E-state index >= 15 is 0 Å². The first-order valence-electron chi connectivity index (χ1n) is 3.65. The largest absolute Gasteiger partial charge is 0.160 e. The lowest BCUT2D eigenvalue weighted by atomic mass is 9.93. The first-order chi connectivity index (χ1) is 5.53. The molecule has 0 amide bonds. The lowest BCUT2D eigenvalue weighted by molar-refractivity contribution is 0.525. The van der Waals surface area contributed by atoms with Crippen LogP contribution in [0.15, 0.2) is 22.2 Å². The van der Waals surface area contributed by atoms with Crippen LogP contribution in [0, 0.1) is 11.8 Å². The van der Waals surface area contributed by atoms with Crippen molar-refractivity contribution in [2.45, 2.75) is 10.8 Å². The maximum Gasteiger partial charge on any atom is 0.160 e. The smallest absolute Gasteiger partial charge is 0.0946 e. The Labute approximate surface area is 91.1 Å². The molecule has 0 spiro atoms. The van der Waals surface area contributed by atoms with E-state index in [9.17, 15) is 0 Å². The van der Waals surface area contributed by atoms with Gasteiger partial charge in [0.2, 0.25) is 0 Å². The molecule has 0 heterocycles. The summed E-state index contributed by atoms with van der Waals surface area (Å²) in [6, 6.07) is 0. The van der Waals surface area contributed by atoms with E-state index in [1.54, 1.807) is 0 Å².